The van der Waals surface area contributed by atoms with Crippen LogP contribution in [-0.2, 0) is 0 Å². The van der Waals surface area contributed by atoms with Crippen molar-refractivity contribution in [2.45, 2.75) is 13.1 Å². The Labute approximate surface area is 68.1 Å². The molecule has 0 aliphatic carbocycles. The highest BCUT2D eigenvalue weighted by atomic mass is 28.3. The van der Waals surface area contributed by atoms with E-state index < -0.39 is 8.80 Å². The molecular weight excluding hydrogens is 152 g/mol. The monoisotopic (exact) mass is 162 g/mol. The molecule has 0 aromatic carbocycles. The van der Waals surface area contributed by atoms with Gasteiger partial charge in [0.15, 0.2) is 0 Å². The lowest BCUT2D eigenvalue weighted by Gasteiger charge is -2.00. The molecule has 0 unspecified atom stereocenters. The van der Waals surface area contributed by atoms with E-state index in [1.54, 1.807) is 12.3 Å². The third kappa shape index (κ3) is 1.89. The summed E-state index contributed by atoms with van der Waals surface area (Å²) in [6, 6.07) is 5.73. The van der Waals surface area contributed by atoms with Crippen molar-refractivity contribution in [3.05, 3.63) is 23.9 Å². The zero-order chi connectivity index (χ0) is 8.27. The fourth-order valence-electron chi connectivity index (χ4n) is 0.834. The van der Waals surface area contributed by atoms with E-state index in [4.69, 9.17) is 5.26 Å². The van der Waals surface area contributed by atoms with Gasteiger partial charge in [0.05, 0.1) is 20.4 Å². The fourth-order valence-corrected chi connectivity index (χ4v) is 1.73. The van der Waals surface area contributed by atoms with E-state index in [1.165, 1.54) is 0 Å². The molecule has 11 heavy (non-hydrogen) atoms. The van der Waals surface area contributed by atoms with Crippen LogP contribution in [0.4, 0.5) is 0 Å². The van der Waals surface area contributed by atoms with Crippen molar-refractivity contribution in [1.29, 1.82) is 5.26 Å². The van der Waals surface area contributed by atoms with Crippen molar-refractivity contribution in [3.8, 4) is 6.07 Å². The summed E-state index contributed by atoms with van der Waals surface area (Å²) in [7, 11) is -0.833. The Morgan fingerprint density at radius 1 is 1.55 bits per heavy atom. The maximum Gasteiger partial charge on any atom is 0.0992 e. The van der Waals surface area contributed by atoms with Gasteiger partial charge < -0.3 is 0 Å². The van der Waals surface area contributed by atoms with Crippen LogP contribution in [0.1, 0.15) is 5.56 Å². The summed E-state index contributed by atoms with van der Waals surface area (Å²) in [5.41, 5.74) is 0.719. The molecule has 1 rings (SSSR count). The molecule has 0 saturated heterocycles. The van der Waals surface area contributed by atoms with Gasteiger partial charge >= 0.3 is 0 Å². The molecule has 3 heteroatoms. The van der Waals surface area contributed by atoms with Crippen molar-refractivity contribution in [3.63, 3.8) is 0 Å². The number of hydrogen-bond acceptors (Lipinski definition) is 2. The van der Waals surface area contributed by atoms with E-state index in [0.717, 1.165) is 10.9 Å². The van der Waals surface area contributed by atoms with Crippen LogP contribution >= 0.6 is 0 Å². The minimum absolute atomic E-state index is 0.719. The maximum absolute atomic E-state index is 8.58. The number of hydrogen-bond donors (Lipinski definition) is 0. The van der Waals surface area contributed by atoms with Gasteiger partial charge in [0.25, 0.3) is 0 Å². The molecular formula is C8H10N2Si. The molecule has 0 saturated carbocycles. The van der Waals surface area contributed by atoms with Gasteiger partial charge in [-0.3, -0.25) is 4.98 Å². The van der Waals surface area contributed by atoms with Crippen LogP contribution in [0.5, 0.6) is 0 Å². The second kappa shape index (κ2) is 3.31. The highest BCUT2D eigenvalue weighted by molar-refractivity contribution is 6.69. The van der Waals surface area contributed by atoms with Gasteiger partial charge in [0, 0.05) is 11.5 Å². The molecule has 2 nitrogen and oxygen atoms in total. The smallest absolute Gasteiger partial charge is 0.0992 e. The minimum Gasteiger partial charge on any atom is -0.266 e. The van der Waals surface area contributed by atoms with Crippen LogP contribution in [0.3, 0.4) is 0 Å². The van der Waals surface area contributed by atoms with Crippen LogP contribution in [0, 0.1) is 11.3 Å². The molecule has 56 valence electrons. The normalized spacial score (nSPS) is 9.64. The standard InChI is InChI=1S/C8H10N2Si/c1-11(2)8-5-7(6-9)3-4-10-8/h3-5,11H,1-2H3. The second-order valence-corrected chi connectivity index (χ2v) is 5.64. The predicted octanol–water partition coefficient (Wildman–Crippen LogP) is 0.647. The first-order valence-electron chi connectivity index (χ1n) is 3.60. The molecule has 0 N–H and O–H groups in total. The van der Waals surface area contributed by atoms with Crippen LogP contribution in [0.15, 0.2) is 18.3 Å². The molecule has 0 amide bonds. The van der Waals surface area contributed by atoms with Crippen molar-refractivity contribution < 1.29 is 0 Å². The van der Waals surface area contributed by atoms with E-state index in [1.807, 2.05) is 6.07 Å². The molecule has 1 heterocycles. The van der Waals surface area contributed by atoms with Gasteiger partial charge in [0.2, 0.25) is 0 Å². The third-order valence-corrected chi connectivity index (χ3v) is 3.00. The maximum atomic E-state index is 8.58. The van der Waals surface area contributed by atoms with E-state index in [0.29, 0.717) is 0 Å². The topological polar surface area (TPSA) is 36.7 Å². The summed E-state index contributed by atoms with van der Waals surface area (Å²) >= 11 is 0. The number of rotatable bonds is 1. The average Bonchev–Trinajstić information content (AvgIpc) is 2.05. The van der Waals surface area contributed by atoms with Crippen molar-refractivity contribution >= 4 is 14.1 Å². The Morgan fingerprint density at radius 3 is 2.82 bits per heavy atom. The summed E-state index contributed by atoms with van der Waals surface area (Å²) in [5, 5.41) is 9.70. The van der Waals surface area contributed by atoms with Gasteiger partial charge in [-0.05, 0) is 12.1 Å². The van der Waals surface area contributed by atoms with Gasteiger partial charge in [-0.2, -0.15) is 5.26 Å². The minimum atomic E-state index is -0.833. The van der Waals surface area contributed by atoms with E-state index in [2.05, 4.69) is 24.1 Å². The molecule has 0 fully saturated rings. The predicted molar refractivity (Wildman–Crippen MR) is 47.5 cm³/mol. The summed E-state index contributed by atoms with van der Waals surface area (Å²) in [5.74, 6) is 0. The molecule has 0 atom stereocenters. The summed E-state index contributed by atoms with van der Waals surface area (Å²) in [4.78, 5) is 4.20. The van der Waals surface area contributed by atoms with Gasteiger partial charge in [-0.1, -0.05) is 13.1 Å². The summed E-state index contributed by atoms with van der Waals surface area (Å²) in [6.07, 6.45) is 1.71. The first-order valence-corrected chi connectivity index (χ1v) is 6.48. The molecule has 1 aromatic rings. The fraction of sp³-hybridized carbons (Fsp3) is 0.250. The highest BCUT2D eigenvalue weighted by Crippen LogP contribution is 1.92. The Kier molecular flexibility index (Phi) is 2.39. The molecule has 1 aromatic heterocycles. The number of pyridine rings is 1. The van der Waals surface area contributed by atoms with Crippen LogP contribution < -0.4 is 5.32 Å². The molecule has 0 spiro atoms. The zero-order valence-corrected chi connectivity index (χ0v) is 7.86. The van der Waals surface area contributed by atoms with Crippen LogP contribution in [0.25, 0.3) is 0 Å². The lowest BCUT2D eigenvalue weighted by molar-refractivity contribution is 1.35. The first-order chi connectivity index (χ1) is 5.24. The van der Waals surface area contributed by atoms with E-state index in [-0.39, 0.29) is 0 Å². The molecule has 0 bridgehead atoms. The molecule has 0 radical (unpaired) electrons. The van der Waals surface area contributed by atoms with Crippen LogP contribution in [0.2, 0.25) is 13.1 Å². The Balaban J connectivity index is 3.03. The first kappa shape index (κ1) is 7.96. The van der Waals surface area contributed by atoms with Crippen LogP contribution in [-0.4, -0.2) is 13.8 Å². The average molecular weight is 162 g/mol. The SMILES string of the molecule is C[SiH](C)c1cc(C#N)ccn1. The van der Waals surface area contributed by atoms with Gasteiger partial charge in [-0.15, -0.1) is 0 Å². The Morgan fingerprint density at radius 2 is 2.27 bits per heavy atom. The summed E-state index contributed by atoms with van der Waals surface area (Å²) in [6.45, 7) is 4.40. The number of nitrogens with zero attached hydrogens (tertiary/aromatic N) is 2. The summed E-state index contributed by atoms with van der Waals surface area (Å²) < 4.78 is 0. The molecule has 0 aliphatic heterocycles. The quantitative estimate of drug-likeness (QED) is 0.568. The van der Waals surface area contributed by atoms with Crippen molar-refractivity contribution in [1.82, 2.24) is 4.98 Å². The van der Waals surface area contributed by atoms with Crippen molar-refractivity contribution in [2.24, 2.45) is 0 Å². The Bertz CT molecular complexity index is 288. The van der Waals surface area contributed by atoms with Gasteiger partial charge in [0.1, 0.15) is 0 Å². The lowest BCUT2D eigenvalue weighted by Crippen LogP contribution is -2.25. The lowest BCUT2D eigenvalue weighted by atomic mass is 10.3. The Hall–Kier alpha value is -1.14. The highest BCUT2D eigenvalue weighted by Gasteiger charge is 2.01. The van der Waals surface area contributed by atoms with Gasteiger partial charge in [-0.25, -0.2) is 0 Å². The molecule has 0 aliphatic rings. The van der Waals surface area contributed by atoms with E-state index >= 15 is 0 Å². The largest absolute Gasteiger partial charge is 0.266 e. The van der Waals surface area contributed by atoms with Crippen molar-refractivity contribution in [2.75, 3.05) is 0 Å². The number of aromatic nitrogens is 1. The third-order valence-electron chi connectivity index (χ3n) is 1.50. The zero-order valence-electron chi connectivity index (χ0n) is 6.70. The van der Waals surface area contributed by atoms with E-state index in [9.17, 15) is 0 Å². The second-order valence-electron chi connectivity index (χ2n) is 2.74. The number of nitriles is 1.